The molecule has 0 bridgehead atoms. The van der Waals surface area contributed by atoms with Gasteiger partial charge in [0, 0.05) is 19.0 Å². The molecule has 86 valence electrons. The van der Waals surface area contributed by atoms with Crippen molar-refractivity contribution in [1.29, 1.82) is 5.26 Å². The number of hydrogen-bond acceptors (Lipinski definition) is 2. The zero-order valence-electron chi connectivity index (χ0n) is 10.3. The first-order chi connectivity index (χ1) is 7.05. The summed E-state index contributed by atoms with van der Waals surface area (Å²) in [5.41, 5.74) is 0.394. The lowest BCUT2D eigenvalue weighted by Crippen LogP contribution is -2.44. The van der Waals surface area contributed by atoms with E-state index >= 15 is 0 Å². The molecule has 0 radical (unpaired) electrons. The van der Waals surface area contributed by atoms with Gasteiger partial charge < -0.3 is 5.32 Å². The Hall–Kier alpha value is -0.550. The molecule has 0 aliphatic heterocycles. The van der Waals surface area contributed by atoms with Crippen molar-refractivity contribution in [3.63, 3.8) is 0 Å². The van der Waals surface area contributed by atoms with Crippen molar-refractivity contribution in [2.75, 3.05) is 6.54 Å². The minimum atomic E-state index is 0.394. The molecule has 1 fully saturated rings. The van der Waals surface area contributed by atoms with E-state index in [0.717, 1.165) is 12.5 Å². The van der Waals surface area contributed by atoms with Crippen LogP contribution in [0.15, 0.2) is 0 Å². The monoisotopic (exact) mass is 208 g/mol. The van der Waals surface area contributed by atoms with E-state index in [0.29, 0.717) is 17.9 Å². The van der Waals surface area contributed by atoms with Gasteiger partial charge in [0.25, 0.3) is 0 Å². The SMILES string of the molecule is CC(C)(C)C1CCCCC1NCCC#N. The first-order valence-electron chi connectivity index (χ1n) is 6.16. The van der Waals surface area contributed by atoms with Gasteiger partial charge in [-0.3, -0.25) is 0 Å². The molecular weight excluding hydrogens is 184 g/mol. The molecule has 0 aromatic carbocycles. The van der Waals surface area contributed by atoms with Crippen LogP contribution in [-0.2, 0) is 0 Å². The van der Waals surface area contributed by atoms with E-state index < -0.39 is 0 Å². The minimum absolute atomic E-state index is 0.394. The standard InChI is InChI=1S/C13H24N2/c1-13(2,3)11-7-4-5-8-12(11)15-10-6-9-14/h11-12,15H,4-8,10H2,1-3H3. The lowest BCUT2D eigenvalue weighted by Gasteiger charge is -2.41. The molecule has 0 aromatic rings. The predicted octanol–water partition coefficient (Wildman–Crippen LogP) is 3.09. The van der Waals surface area contributed by atoms with E-state index in [-0.39, 0.29) is 0 Å². The zero-order valence-corrected chi connectivity index (χ0v) is 10.3. The Bertz CT molecular complexity index is 222. The fraction of sp³-hybridized carbons (Fsp3) is 0.923. The summed E-state index contributed by atoms with van der Waals surface area (Å²) in [7, 11) is 0. The van der Waals surface area contributed by atoms with Gasteiger partial charge in [0.2, 0.25) is 0 Å². The van der Waals surface area contributed by atoms with E-state index in [9.17, 15) is 0 Å². The summed E-state index contributed by atoms with van der Waals surface area (Å²) >= 11 is 0. The molecule has 2 heteroatoms. The summed E-state index contributed by atoms with van der Waals surface area (Å²) in [5.74, 6) is 0.768. The molecule has 2 nitrogen and oxygen atoms in total. The van der Waals surface area contributed by atoms with Crippen LogP contribution in [0.4, 0.5) is 0 Å². The maximum absolute atomic E-state index is 8.53. The maximum Gasteiger partial charge on any atom is 0.0635 e. The van der Waals surface area contributed by atoms with Crippen molar-refractivity contribution in [2.45, 2.75) is 58.9 Å². The molecule has 1 saturated carbocycles. The normalized spacial score (nSPS) is 27.3. The second-order valence-corrected chi connectivity index (χ2v) is 5.73. The highest BCUT2D eigenvalue weighted by molar-refractivity contribution is 4.88. The minimum Gasteiger partial charge on any atom is -0.313 e. The van der Waals surface area contributed by atoms with Gasteiger partial charge in [-0.15, -0.1) is 0 Å². The summed E-state index contributed by atoms with van der Waals surface area (Å²) in [6.45, 7) is 7.86. The van der Waals surface area contributed by atoms with Crippen LogP contribution < -0.4 is 5.32 Å². The average molecular weight is 208 g/mol. The molecule has 0 saturated heterocycles. The van der Waals surface area contributed by atoms with Gasteiger partial charge in [0.15, 0.2) is 0 Å². The summed E-state index contributed by atoms with van der Waals surface area (Å²) in [6.07, 6.45) is 5.98. The molecule has 1 aliphatic carbocycles. The molecule has 0 spiro atoms. The maximum atomic E-state index is 8.53. The lowest BCUT2D eigenvalue weighted by molar-refractivity contribution is 0.132. The Morgan fingerprint density at radius 3 is 2.53 bits per heavy atom. The highest BCUT2D eigenvalue weighted by Crippen LogP contribution is 2.37. The van der Waals surface area contributed by atoms with Crippen molar-refractivity contribution < 1.29 is 0 Å². The molecular formula is C13H24N2. The number of rotatable bonds is 3. The molecule has 2 unspecified atom stereocenters. The number of nitriles is 1. The lowest BCUT2D eigenvalue weighted by atomic mass is 9.69. The smallest absolute Gasteiger partial charge is 0.0635 e. The molecule has 1 rings (SSSR count). The number of nitrogens with zero attached hydrogens (tertiary/aromatic N) is 1. The van der Waals surface area contributed by atoms with Crippen LogP contribution in [0.3, 0.4) is 0 Å². The van der Waals surface area contributed by atoms with E-state index in [1.165, 1.54) is 25.7 Å². The molecule has 1 aliphatic rings. The van der Waals surface area contributed by atoms with Crippen LogP contribution in [0.2, 0.25) is 0 Å². The van der Waals surface area contributed by atoms with Crippen molar-refractivity contribution in [1.82, 2.24) is 5.32 Å². The first kappa shape index (κ1) is 12.5. The Morgan fingerprint density at radius 2 is 1.93 bits per heavy atom. The number of hydrogen-bond donors (Lipinski definition) is 1. The first-order valence-corrected chi connectivity index (χ1v) is 6.16. The van der Waals surface area contributed by atoms with Crippen molar-refractivity contribution in [2.24, 2.45) is 11.3 Å². The molecule has 1 N–H and O–H groups in total. The Kier molecular flexibility index (Phi) is 4.60. The fourth-order valence-corrected chi connectivity index (χ4v) is 2.73. The molecule has 2 atom stereocenters. The van der Waals surface area contributed by atoms with Crippen molar-refractivity contribution in [3.05, 3.63) is 0 Å². The molecule has 0 aromatic heterocycles. The van der Waals surface area contributed by atoms with E-state index in [4.69, 9.17) is 5.26 Å². The van der Waals surface area contributed by atoms with E-state index in [1.807, 2.05) is 0 Å². The third-order valence-corrected chi connectivity index (χ3v) is 3.52. The fourth-order valence-electron chi connectivity index (χ4n) is 2.73. The van der Waals surface area contributed by atoms with Crippen molar-refractivity contribution in [3.8, 4) is 6.07 Å². The second-order valence-electron chi connectivity index (χ2n) is 5.73. The quantitative estimate of drug-likeness (QED) is 0.723. The predicted molar refractivity (Wildman–Crippen MR) is 63.4 cm³/mol. The van der Waals surface area contributed by atoms with Gasteiger partial charge in [-0.2, -0.15) is 5.26 Å². The van der Waals surface area contributed by atoms with Crippen LogP contribution in [0.1, 0.15) is 52.9 Å². The highest BCUT2D eigenvalue weighted by atomic mass is 14.9. The summed E-state index contributed by atoms with van der Waals surface area (Å²) in [5, 5.41) is 12.1. The third-order valence-electron chi connectivity index (χ3n) is 3.52. The van der Waals surface area contributed by atoms with Gasteiger partial charge in [-0.05, 0) is 24.2 Å². The molecule has 0 heterocycles. The van der Waals surface area contributed by atoms with Gasteiger partial charge in [0.1, 0.15) is 0 Å². The molecule has 15 heavy (non-hydrogen) atoms. The number of nitrogens with one attached hydrogen (secondary N) is 1. The summed E-state index contributed by atoms with van der Waals surface area (Å²) in [4.78, 5) is 0. The van der Waals surface area contributed by atoms with Gasteiger partial charge in [-0.25, -0.2) is 0 Å². The Morgan fingerprint density at radius 1 is 1.27 bits per heavy atom. The van der Waals surface area contributed by atoms with E-state index in [1.54, 1.807) is 0 Å². The van der Waals surface area contributed by atoms with Crippen LogP contribution in [-0.4, -0.2) is 12.6 Å². The van der Waals surface area contributed by atoms with Gasteiger partial charge in [0.05, 0.1) is 6.07 Å². The zero-order chi connectivity index (χ0) is 11.3. The van der Waals surface area contributed by atoms with Crippen LogP contribution in [0.5, 0.6) is 0 Å². The molecule has 0 amide bonds. The summed E-state index contributed by atoms with van der Waals surface area (Å²) < 4.78 is 0. The average Bonchev–Trinajstić information content (AvgIpc) is 2.17. The van der Waals surface area contributed by atoms with Crippen LogP contribution >= 0.6 is 0 Å². The Balaban J connectivity index is 2.47. The van der Waals surface area contributed by atoms with Gasteiger partial charge in [-0.1, -0.05) is 33.6 Å². The second kappa shape index (κ2) is 5.51. The largest absolute Gasteiger partial charge is 0.313 e. The summed E-state index contributed by atoms with van der Waals surface area (Å²) in [6, 6.07) is 2.83. The topological polar surface area (TPSA) is 35.8 Å². The van der Waals surface area contributed by atoms with Crippen LogP contribution in [0, 0.1) is 22.7 Å². The van der Waals surface area contributed by atoms with Crippen molar-refractivity contribution >= 4 is 0 Å². The Labute approximate surface area is 94.1 Å². The van der Waals surface area contributed by atoms with E-state index in [2.05, 4.69) is 32.2 Å². The van der Waals surface area contributed by atoms with Gasteiger partial charge >= 0.3 is 0 Å². The van der Waals surface area contributed by atoms with Crippen LogP contribution in [0.25, 0.3) is 0 Å². The third kappa shape index (κ3) is 3.83. The highest BCUT2D eigenvalue weighted by Gasteiger charge is 2.33.